The Morgan fingerprint density at radius 1 is 1.05 bits per heavy atom. The van der Waals surface area contributed by atoms with Crippen LogP contribution in [0.25, 0.3) is 0 Å². The zero-order valence-corrected chi connectivity index (χ0v) is 12.3. The molecule has 1 aliphatic carbocycles. The standard InChI is InChI=1S/C17H19N3O2/c21-16-13-9-10-14(11-5-2-1-3-6-11)18-15(13)19-17(22)20(16)12-7-4-8-12/h1-3,5-6,12,14,18H,4,7-10H2,(H,19,22)/t14-/m1/s1. The van der Waals surface area contributed by atoms with Crippen LogP contribution in [-0.4, -0.2) is 9.55 Å². The number of fused-ring (bicyclic) bond motifs is 1. The van der Waals surface area contributed by atoms with Gasteiger partial charge in [0.05, 0.1) is 11.6 Å². The number of H-pyrrole nitrogens is 1. The molecule has 1 aromatic carbocycles. The van der Waals surface area contributed by atoms with Crippen LogP contribution in [0.2, 0.25) is 0 Å². The van der Waals surface area contributed by atoms with Gasteiger partial charge in [0.15, 0.2) is 0 Å². The number of rotatable bonds is 2. The van der Waals surface area contributed by atoms with Gasteiger partial charge in [-0.2, -0.15) is 0 Å². The second-order valence-electron chi connectivity index (χ2n) is 6.19. The van der Waals surface area contributed by atoms with Crippen LogP contribution in [0.15, 0.2) is 39.9 Å². The average molecular weight is 297 g/mol. The van der Waals surface area contributed by atoms with E-state index >= 15 is 0 Å². The Labute approximate surface area is 128 Å². The van der Waals surface area contributed by atoms with Crippen LogP contribution in [0, 0.1) is 0 Å². The molecule has 1 saturated carbocycles. The molecule has 0 bridgehead atoms. The first-order valence-corrected chi connectivity index (χ1v) is 7.93. The Morgan fingerprint density at radius 3 is 2.50 bits per heavy atom. The average Bonchev–Trinajstić information content (AvgIpc) is 2.50. The van der Waals surface area contributed by atoms with Crippen LogP contribution < -0.4 is 16.6 Å². The van der Waals surface area contributed by atoms with Crippen molar-refractivity contribution in [1.82, 2.24) is 9.55 Å². The molecule has 1 atom stereocenters. The Hall–Kier alpha value is -2.30. The lowest BCUT2D eigenvalue weighted by atomic mass is 9.92. The van der Waals surface area contributed by atoms with E-state index in [9.17, 15) is 9.59 Å². The van der Waals surface area contributed by atoms with Gasteiger partial charge in [-0.05, 0) is 37.7 Å². The predicted octanol–water partition coefficient (Wildman–Crippen LogP) is 2.36. The maximum absolute atomic E-state index is 12.6. The summed E-state index contributed by atoms with van der Waals surface area (Å²) in [4.78, 5) is 27.8. The van der Waals surface area contributed by atoms with Crippen LogP contribution >= 0.6 is 0 Å². The number of aromatic amines is 1. The summed E-state index contributed by atoms with van der Waals surface area (Å²) in [5.74, 6) is 0.602. The molecule has 2 aromatic rings. The molecule has 1 fully saturated rings. The van der Waals surface area contributed by atoms with Gasteiger partial charge in [-0.3, -0.25) is 14.3 Å². The lowest BCUT2D eigenvalue weighted by molar-refractivity contribution is 0.295. The summed E-state index contributed by atoms with van der Waals surface area (Å²) < 4.78 is 1.42. The second kappa shape index (κ2) is 5.16. The van der Waals surface area contributed by atoms with E-state index in [-0.39, 0.29) is 23.3 Å². The van der Waals surface area contributed by atoms with E-state index in [2.05, 4.69) is 22.4 Å². The largest absolute Gasteiger partial charge is 0.364 e. The van der Waals surface area contributed by atoms with E-state index in [1.807, 2.05) is 18.2 Å². The highest BCUT2D eigenvalue weighted by Gasteiger charge is 2.28. The van der Waals surface area contributed by atoms with E-state index in [0.717, 1.165) is 31.2 Å². The van der Waals surface area contributed by atoms with Gasteiger partial charge in [0.2, 0.25) is 0 Å². The number of nitrogens with one attached hydrogen (secondary N) is 2. The smallest absolute Gasteiger partial charge is 0.330 e. The van der Waals surface area contributed by atoms with Crippen molar-refractivity contribution in [3.05, 3.63) is 62.3 Å². The third kappa shape index (κ3) is 2.08. The third-order valence-electron chi connectivity index (χ3n) is 4.87. The van der Waals surface area contributed by atoms with Gasteiger partial charge in [-0.1, -0.05) is 30.3 Å². The van der Waals surface area contributed by atoms with Gasteiger partial charge in [0.25, 0.3) is 5.56 Å². The van der Waals surface area contributed by atoms with Gasteiger partial charge in [0.1, 0.15) is 5.82 Å². The van der Waals surface area contributed by atoms with E-state index in [4.69, 9.17) is 0 Å². The summed E-state index contributed by atoms with van der Waals surface area (Å²) in [6, 6.07) is 10.4. The van der Waals surface area contributed by atoms with Crippen molar-refractivity contribution in [2.45, 2.75) is 44.2 Å². The van der Waals surface area contributed by atoms with E-state index in [1.165, 1.54) is 10.1 Å². The molecule has 0 spiro atoms. The SMILES string of the molecule is O=c1[nH]c2c(c(=O)n1C1CCC1)CC[C@H](c1ccccc1)N2. The summed E-state index contributed by atoms with van der Waals surface area (Å²) >= 11 is 0. The van der Waals surface area contributed by atoms with Crippen LogP contribution in [0.5, 0.6) is 0 Å². The summed E-state index contributed by atoms with van der Waals surface area (Å²) in [7, 11) is 0. The molecule has 5 nitrogen and oxygen atoms in total. The van der Waals surface area contributed by atoms with Gasteiger partial charge in [0, 0.05) is 6.04 Å². The highest BCUT2D eigenvalue weighted by molar-refractivity contribution is 5.47. The first-order valence-electron chi connectivity index (χ1n) is 7.93. The molecule has 2 N–H and O–H groups in total. The first kappa shape index (κ1) is 13.4. The minimum Gasteiger partial charge on any atom is -0.364 e. The molecular formula is C17H19N3O2. The highest BCUT2D eigenvalue weighted by Crippen LogP contribution is 2.31. The predicted molar refractivity (Wildman–Crippen MR) is 85.3 cm³/mol. The lowest BCUT2D eigenvalue weighted by Crippen LogP contribution is -2.43. The number of hydrogen-bond acceptors (Lipinski definition) is 3. The molecule has 2 aliphatic rings. The first-order chi connectivity index (χ1) is 10.7. The summed E-state index contributed by atoms with van der Waals surface area (Å²) in [6.07, 6.45) is 4.53. The molecule has 0 radical (unpaired) electrons. The van der Waals surface area contributed by atoms with E-state index in [0.29, 0.717) is 12.2 Å². The van der Waals surface area contributed by atoms with Gasteiger partial charge < -0.3 is 5.32 Å². The lowest BCUT2D eigenvalue weighted by Gasteiger charge is -2.30. The van der Waals surface area contributed by atoms with Crippen molar-refractivity contribution in [3.63, 3.8) is 0 Å². The number of benzene rings is 1. The normalized spacial score (nSPS) is 20.8. The number of anilines is 1. The highest BCUT2D eigenvalue weighted by atomic mass is 16.2. The molecule has 1 aromatic heterocycles. The zero-order valence-electron chi connectivity index (χ0n) is 12.3. The molecule has 0 amide bonds. The van der Waals surface area contributed by atoms with Gasteiger partial charge in [-0.15, -0.1) is 0 Å². The number of hydrogen-bond donors (Lipinski definition) is 2. The van der Waals surface area contributed by atoms with Crippen molar-refractivity contribution in [2.75, 3.05) is 5.32 Å². The number of nitrogens with zero attached hydrogens (tertiary/aromatic N) is 1. The number of aromatic nitrogens is 2. The minimum absolute atomic E-state index is 0.0911. The summed E-state index contributed by atoms with van der Waals surface area (Å²) in [5.41, 5.74) is 1.51. The van der Waals surface area contributed by atoms with Crippen molar-refractivity contribution in [2.24, 2.45) is 0 Å². The Morgan fingerprint density at radius 2 is 1.82 bits per heavy atom. The maximum Gasteiger partial charge on any atom is 0.330 e. The van der Waals surface area contributed by atoms with Gasteiger partial charge >= 0.3 is 5.69 Å². The fourth-order valence-electron chi connectivity index (χ4n) is 3.39. The van der Waals surface area contributed by atoms with Crippen LogP contribution in [0.4, 0.5) is 5.82 Å². The van der Waals surface area contributed by atoms with Crippen molar-refractivity contribution in [1.29, 1.82) is 0 Å². The molecular weight excluding hydrogens is 278 g/mol. The Kier molecular flexibility index (Phi) is 3.13. The van der Waals surface area contributed by atoms with E-state index in [1.54, 1.807) is 0 Å². The van der Waals surface area contributed by atoms with Crippen molar-refractivity contribution >= 4 is 5.82 Å². The molecule has 2 heterocycles. The van der Waals surface area contributed by atoms with Crippen LogP contribution in [0.1, 0.15) is 48.9 Å². The Bertz CT molecular complexity index is 803. The summed E-state index contributed by atoms with van der Waals surface area (Å²) in [6.45, 7) is 0. The van der Waals surface area contributed by atoms with Gasteiger partial charge in [-0.25, -0.2) is 4.79 Å². The van der Waals surface area contributed by atoms with Crippen LogP contribution in [-0.2, 0) is 6.42 Å². The quantitative estimate of drug-likeness (QED) is 0.894. The Balaban J connectivity index is 1.72. The zero-order chi connectivity index (χ0) is 15.1. The van der Waals surface area contributed by atoms with Crippen molar-refractivity contribution in [3.8, 4) is 0 Å². The molecule has 114 valence electrons. The fraction of sp³-hybridized carbons (Fsp3) is 0.412. The molecule has 0 unspecified atom stereocenters. The topological polar surface area (TPSA) is 66.9 Å². The molecule has 1 aliphatic heterocycles. The minimum atomic E-state index is -0.283. The maximum atomic E-state index is 12.6. The monoisotopic (exact) mass is 297 g/mol. The molecule has 0 saturated heterocycles. The van der Waals surface area contributed by atoms with E-state index < -0.39 is 0 Å². The second-order valence-corrected chi connectivity index (χ2v) is 6.19. The van der Waals surface area contributed by atoms with Crippen molar-refractivity contribution < 1.29 is 0 Å². The fourth-order valence-corrected chi connectivity index (χ4v) is 3.39. The molecule has 22 heavy (non-hydrogen) atoms. The summed E-state index contributed by atoms with van der Waals surface area (Å²) in [5, 5.41) is 3.33. The molecule has 4 rings (SSSR count). The molecule has 5 heteroatoms. The van der Waals surface area contributed by atoms with Crippen LogP contribution in [0.3, 0.4) is 0 Å². The third-order valence-corrected chi connectivity index (χ3v) is 4.87.